The van der Waals surface area contributed by atoms with Gasteiger partial charge in [0.2, 0.25) is 0 Å². The molecule has 2 rings (SSSR count). The summed E-state index contributed by atoms with van der Waals surface area (Å²) >= 11 is 9.52. The Labute approximate surface area is 120 Å². The van der Waals surface area contributed by atoms with E-state index in [-0.39, 0.29) is 5.82 Å². The molecule has 1 unspecified atom stereocenters. The normalized spacial score (nSPS) is 12.4. The summed E-state index contributed by atoms with van der Waals surface area (Å²) in [5.74, 6) is -0.294. The number of aryl methyl sites for hydroxylation is 1. The molecule has 1 atom stereocenters. The molecule has 0 nitrogen and oxygen atoms in total. The van der Waals surface area contributed by atoms with Crippen LogP contribution in [0.4, 0.5) is 4.39 Å². The van der Waals surface area contributed by atoms with Crippen molar-refractivity contribution in [2.75, 3.05) is 0 Å². The largest absolute Gasteiger partial charge is 0.205 e. The van der Waals surface area contributed by atoms with Gasteiger partial charge in [0.25, 0.3) is 0 Å². The molecule has 0 aromatic heterocycles. The number of benzene rings is 2. The van der Waals surface area contributed by atoms with Crippen LogP contribution in [0.15, 0.2) is 46.9 Å². The van der Waals surface area contributed by atoms with Crippen LogP contribution in [0.25, 0.3) is 0 Å². The van der Waals surface area contributed by atoms with Crippen LogP contribution < -0.4 is 0 Å². The molecule has 18 heavy (non-hydrogen) atoms. The first-order valence-corrected chi connectivity index (χ1v) is 7.03. The first-order chi connectivity index (χ1) is 8.63. The minimum Gasteiger partial charge on any atom is -0.205 e. The van der Waals surface area contributed by atoms with Gasteiger partial charge in [0.05, 0.1) is 9.85 Å². The Kier molecular flexibility index (Phi) is 4.41. The van der Waals surface area contributed by atoms with E-state index < -0.39 is 5.38 Å². The summed E-state index contributed by atoms with van der Waals surface area (Å²) in [6.45, 7) is 2.10. The van der Waals surface area contributed by atoms with Crippen LogP contribution in [0.1, 0.15) is 29.0 Å². The highest BCUT2D eigenvalue weighted by atomic mass is 79.9. The van der Waals surface area contributed by atoms with E-state index >= 15 is 0 Å². The van der Waals surface area contributed by atoms with Crippen molar-refractivity contribution in [3.8, 4) is 0 Å². The number of hydrogen-bond acceptors (Lipinski definition) is 0. The smallest absolute Gasteiger partial charge is 0.142 e. The van der Waals surface area contributed by atoms with Gasteiger partial charge >= 0.3 is 0 Å². The summed E-state index contributed by atoms with van der Waals surface area (Å²) in [7, 11) is 0. The second kappa shape index (κ2) is 5.85. The Morgan fingerprint density at radius 3 is 2.44 bits per heavy atom. The Balaban J connectivity index is 2.35. The molecule has 2 aromatic carbocycles. The molecule has 0 saturated heterocycles. The van der Waals surface area contributed by atoms with Crippen LogP contribution in [0.3, 0.4) is 0 Å². The third-order valence-corrected chi connectivity index (χ3v) is 4.03. The van der Waals surface area contributed by atoms with E-state index in [2.05, 4.69) is 22.9 Å². The van der Waals surface area contributed by atoms with Crippen molar-refractivity contribution in [1.82, 2.24) is 0 Å². The molecule has 0 fully saturated rings. The molecule has 0 amide bonds. The van der Waals surface area contributed by atoms with E-state index in [0.29, 0.717) is 10.0 Å². The third kappa shape index (κ3) is 2.76. The minimum absolute atomic E-state index is 0.294. The highest BCUT2D eigenvalue weighted by Crippen LogP contribution is 2.33. The predicted octanol–water partition coefficient (Wildman–Crippen LogP) is 5.48. The summed E-state index contributed by atoms with van der Waals surface area (Å²) in [5, 5.41) is -0.464. The molecule has 0 aliphatic carbocycles. The summed E-state index contributed by atoms with van der Waals surface area (Å²) < 4.78 is 14.4. The van der Waals surface area contributed by atoms with Crippen molar-refractivity contribution in [3.05, 3.63) is 69.4 Å². The predicted molar refractivity (Wildman–Crippen MR) is 77.6 cm³/mol. The maximum atomic E-state index is 14.0. The van der Waals surface area contributed by atoms with E-state index in [1.165, 1.54) is 5.56 Å². The Hall–Kier alpha value is -0.860. The Morgan fingerprint density at radius 1 is 1.17 bits per heavy atom. The molecule has 3 heteroatoms. The molecule has 0 spiro atoms. The highest BCUT2D eigenvalue weighted by molar-refractivity contribution is 9.10. The standard InChI is InChI=1S/C15H13BrClF/c1-2-10-6-8-11(9-7-10)14(17)12-4-3-5-13(16)15(12)18/h3-9,14H,2H2,1H3. The SMILES string of the molecule is CCc1ccc(C(Cl)c2cccc(Br)c2F)cc1. The monoisotopic (exact) mass is 326 g/mol. The Morgan fingerprint density at radius 2 is 1.83 bits per heavy atom. The van der Waals surface area contributed by atoms with Crippen LogP contribution >= 0.6 is 27.5 Å². The zero-order valence-corrected chi connectivity index (χ0v) is 12.3. The Bertz CT molecular complexity index is 537. The van der Waals surface area contributed by atoms with Gasteiger partial charge in [-0.15, -0.1) is 11.6 Å². The molecular formula is C15H13BrClF. The highest BCUT2D eigenvalue weighted by Gasteiger charge is 2.16. The number of hydrogen-bond donors (Lipinski definition) is 0. The molecular weight excluding hydrogens is 315 g/mol. The van der Waals surface area contributed by atoms with Gasteiger partial charge in [-0.05, 0) is 39.5 Å². The average molecular weight is 328 g/mol. The van der Waals surface area contributed by atoms with Crippen LogP contribution in [0, 0.1) is 5.82 Å². The van der Waals surface area contributed by atoms with Crippen LogP contribution in [-0.2, 0) is 6.42 Å². The fraction of sp³-hybridized carbons (Fsp3) is 0.200. The van der Waals surface area contributed by atoms with Gasteiger partial charge in [-0.1, -0.05) is 43.3 Å². The van der Waals surface area contributed by atoms with Gasteiger partial charge in [-0.2, -0.15) is 0 Å². The van der Waals surface area contributed by atoms with Crippen molar-refractivity contribution in [3.63, 3.8) is 0 Å². The van der Waals surface area contributed by atoms with E-state index in [1.54, 1.807) is 18.2 Å². The van der Waals surface area contributed by atoms with Gasteiger partial charge in [0.15, 0.2) is 0 Å². The summed E-state index contributed by atoms with van der Waals surface area (Å²) in [6, 6.07) is 13.1. The molecule has 0 aliphatic rings. The molecule has 0 saturated carbocycles. The molecule has 0 radical (unpaired) electrons. The molecule has 0 aliphatic heterocycles. The lowest BCUT2D eigenvalue weighted by atomic mass is 10.0. The van der Waals surface area contributed by atoms with Gasteiger partial charge in [0.1, 0.15) is 5.82 Å². The lowest BCUT2D eigenvalue weighted by molar-refractivity contribution is 0.605. The average Bonchev–Trinajstić information content (AvgIpc) is 2.41. The van der Waals surface area contributed by atoms with E-state index in [0.717, 1.165) is 12.0 Å². The van der Waals surface area contributed by atoms with E-state index in [4.69, 9.17) is 11.6 Å². The summed E-state index contributed by atoms with van der Waals surface area (Å²) in [4.78, 5) is 0. The lowest BCUT2D eigenvalue weighted by Gasteiger charge is -2.12. The molecule has 94 valence electrons. The van der Waals surface area contributed by atoms with Crippen molar-refractivity contribution in [1.29, 1.82) is 0 Å². The van der Waals surface area contributed by atoms with Gasteiger partial charge in [0, 0.05) is 5.56 Å². The summed E-state index contributed by atoms with van der Waals surface area (Å²) in [6.07, 6.45) is 0.985. The molecule has 2 aromatic rings. The van der Waals surface area contributed by atoms with Crippen LogP contribution in [0.2, 0.25) is 0 Å². The van der Waals surface area contributed by atoms with Crippen molar-refractivity contribution < 1.29 is 4.39 Å². The quantitative estimate of drug-likeness (QED) is 0.655. The first-order valence-electron chi connectivity index (χ1n) is 5.80. The molecule has 0 bridgehead atoms. The van der Waals surface area contributed by atoms with Gasteiger partial charge in [-0.25, -0.2) is 4.39 Å². The van der Waals surface area contributed by atoms with Crippen molar-refractivity contribution in [2.24, 2.45) is 0 Å². The number of halogens is 3. The number of alkyl halides is 1. The zero-order chi connectivity index (χ0) is 13.1. The van der Waals surface area contributed by atoms with Gasteiger partial charge < -0.3 is 0 Å². The van der Waals surface area contributed by atoms with E-state index in [1.807, 2.05) is 24.3 Å². The van der Waals surface area contributed by atoms with E-state index in [9.17, 15) is 4.39 Å². The first kappa shape index (κ1) is 13.6. The second-order valence-electron chi connectivity index (χ2n) is 4.10. The van der Waals surface area contributed by atoms with Crippen molar-refractivity contribution >= 4 is 27.5 Å². The van der Waals surface area contributed by atoms with Crippen molar-refractivity contribution in [2.45, 2.75) is 18.7 Å². The molecule has 0 heterocycles. The van der Waals surface area contributed by atoms with Gasteiger partial charge in [-0.3, -0.25) is 0 Å². The topological polar surface area (TPSA) is 0 Å². The molecule has 0 N–H and O–H groups in total. The van der Waals surface area contributed by atoms with Crippen LogP contribution in [0.5, 0.6) is 0 Å². The maximum Gasteiger partial charge on any atom is 0.142 e. The fourth-order valence-corrected chi connectivity index (χ4v) is 2.51. The summed E-state index contributed by atoms with van der Waals surface area (Å²) in [5.41, 5.74) is 2.65. The number of rotatable bonds is 3. The fourth-order valence-electron chi connectivity index (χ4n) is 1.82. The second-order valence-corrected chi connectivity index (χ2v) is 5.39. The third-order valence-electron chi connectivity index (χ3n) is 2.94. The lowest BCUT2D eigenvalue weighted by Crippen LogP contribution is -1.98. The zero-order valence-electron chi connectivity index (χ0n) is 9.96. The minimum atomic E-state index is -0.464. The maximum absolute atomic E-state index is 14.0. The van der Waals surface area contributed by atoms with Crippen LogP contribution in [-0.4, -0.2) is 0 Å².